The third kappa shape index (κ3) is 3.33. The predicted molar refractivity (Wildman–Crippen MR) is 104 cm³/mol. The number of methoxy groups -OCH3 is 1. The third-order valence-electron chi connectivity index (χ3n) is 6.22. The number of carbonyl (C=O) groups is 1. The molecule has 150 valence electrons. The largest absolute Gasteiger partial charge is 0.472 e. The van der Waals surface area contributed by atoms with E-state index >= 15 is 0 Å². The molecule has 1 amide bonds. The minimum absolute atomic E-state index is 0.0388. The van der Waals surface area contributed by atoms with E-state index in [0.717, 1.165) is 37.3 Å². The Morgan fingerprint density at radius 2 is 2.03 bits per heavy atom. The van der Waals surface area contributed by atoms with Crippen LogP contribution in [0.25, 0.3) is 11.4 Å². The highest BCUT2D eigenvalue weighted by Crippen LogP contribution is 2.42. The SMILES string of the molecule is CO[C@@H]1C[C@H]2CN(C(=O)c3ccoc3)C[C@H]2C[C@H]1n1cc(-c2ccccn2)nn1. The Balaban J connectivity index is 1.34. The van der Waals surface area contributed by atoms with E-state index in [4.69, 9.17) is 9.15 Å². The summed E-state index contributed by atoms with van der Waals surface area (Å²) in [6.45, 7) is 1.52. The monoisotopic (exact) mass is 393 g/mol. The maximum absolute atomic E-state index is 12.7. The van der Waals surface area contributed by atoms with Crippen molar-refractivity contribution in [3.05, 3.63) is 54.7 Å². The summed E-state index contributed by atoms with van der Waals surface area (Å²) in [4.78, 5) is 19.0. The average Bonchev–Trinajstić information content (AvgIpc) is 3.53. The smallest absolute Gasteiger partial charge is 0.257 e. The third-order valence-corrected chi connectivity index (χ3v) is 6.22. The molecule has 29 heavy (non-hydrogen) atoms. The summed E-state index contributed by atoms with van der Waals surface area (Å²) in [6, 6.07) is 7.56. The molecule has 8 heteroatoms. The van der Waals surface area contributed by atoms with Gasteiger partial charge in [0.1, 0.15) is 12.0 Å². The number of amides is 1. The molecule has 8 nitrogen and oxygen atoms in total. The summed E-state index contributed by atoms with van der Waals surface area (Å²) in [5.41, 5.74) is 2.17. The molecule has 0 spiro atoms. The summed E-state index contributed by atoms with van der Waals surface area (Å²) in [5.74, 6) is 0.896. The van der Waals surface area contributed by atoms with Crippen LogP contribution in [0.3, 0.4) is 0 Å². The molecule has 0 aromatic carbocycles. The van der Waals surface area contributed by atoms with Gasteiger partial charge in [-0.25, -0.2) is 4.68 Å². The van der Waals surface area contributed by atoms with Crippen molar-refractivity contribution in [3.63, 3.8) is 0 Å². The zero-order chi connectivity index (χ0) is 19.8. The van der Waals surface area contributed by atoms with Crippen LogP contribution in [-0.4, -0.2) is 57.1 Å². The molecular weight excluding hydrogens is 370 g/mol. The molecule has 1 aliphatic heterocycles. The fourth-order valence-corrected chi connectivity index (χ4v) is 4.73. The van der Waals surface area contributed by atoms with Gasteiger partial charge in [-0.05, 0) is 42.9 Å². The van der Waals surface area contributed by atoms with Crippen LogP contribution in [0.4, 0.5) is 0 Å². The second-order valence-electron chi connectivity index (χ2n) is 7.85. The molecule has 0 bridgehead atoms. The van der Waals surface area contributed by atoms with Gasteiger partial charge in [0.25, 0.3) is 5.91 Å². The van der Waals surface area contributed by atoms with Crippen LogP contribution in [0.1, 0.15) is 29.2 Å². The lowest BCUT2D eigenvalue weighted by Gasteiger charge is -2.36. The first kappa shape index (κ1) is 18.1. The van der Waals surface area contributed by atoms with Crippen molar-refractivity contribution in [2.24, 2.45) is 11.8 Å². The van der Waals surface area contributed by atoms with Crippen molar-refractivity contribution in [3.8, 4) is 11.4 Å². The molecule has 4 atom stereocenters. The van der Waals surface area contributed by atoms with Crippen molar-refractivity contribution >= 4 is 5.91 Å². The number of ether oxygens (including phenoxy) is 1. The fourth-order valence-electron chi connectivity index (χ4n) is 4.73. The second-order valence-corrected chi connectivity index (χ2v) is 7.85. The Labute approximate surface area is 168 Å². The first-order valence-electron chi connectivity index (χ1n) is 9.90. The number of rotatable bonds is 4. The van der Waals surface area contributed by atoms with E-state index in [1.165, 1.54) is 12.5 Å². The van der Waals surface area contributed by atoms with Gasteiger partial charge in [0.2, 0.25) is 0 Å². The molecule has 1 aliphatic carbocycles. The predicted octanol–water partition coefficient (Wildman–Crippen LogP) is 2.67. The molecule has 3 aromatic rings. The molecule has 0 N–H and O–H groups in total. The lowest BCUT2D eigenvalue weighted by molar-refractivity contribution is -0.00545. The van der Waals surface area contributed by atoms with Crippen LogP contribution in [0.2, 0.25) is 0 Å². The van der Waals surface area contributed by atoms with E-state index < -0.39 is 0 Å². The van der Waals surface area contributed by atoms with Gasteiger partial charge >= 0.3 is 0 Å². The van der Waals surface area contributed by atoms with Crippen LogP contribution in [0.15, 0.2) is 53.6 Å². The van der Waals surface area contributed by atoms with Gasteiger partial charge in [-0.3, -0.25) is 9.78 Å². The maximum Gasteiger partial charge on any atom is 0.257 e. The Hall–Kier alpha value is -3.00. The molecule has 3 aromatic heterocycles. The van der Waals surface area contributed by atoms with Crippen LogP contribution >= 0.6 is 0 Å². The molecule has 5 rings (SSSR count). The highest BCUT2D eigenvalue weighted by Gasteiger charge is 2.44. The number of pyridine rings is 1. The highest BCUT2D eigenvalue weighted by atomic mass is 16.5. The molecular formula is C21H23N5O3. The summed E-state index contributed by atoms with van der Waals surface area (Å²) >= 11 is 0. The number of hydrogen-bond acceptors (Lipinski definition) is 6. The molecule has 1 saturated carbocycles. The molecule has 1 saturated heterocycles. The summed E-state index contributed by atoms with van der Waals surface area (Å²) in [5, 5.41) is 8.69. The van der Waals surface area contributed by atoms with E-state index in [1.807, 2.05) is 34.0 Å². The number of fused-ring (bicyclic) bond motifs is 1. The summed E-state index contributed by atoms with van der Waals surface area (Å²) in [6.07, 6.45) is 8.60. The van der Waals surface area contributed by atoms with Gasteiger partial charge in [-0.15, -0.1) is 5.10 Å². The van der Waals surface area contributed by atoms with Crippen molar-refractivity contribution < 1.29 is 13.9 Å². The Kier molecular flexibility index (Phi) is 4.63. The zero-order valence-corrected chi connectivity index (χ0v) is 16.2. The Morgan fingerprint density at radius 1 is 1.17 bits per heavy atom. The first-order chi connectivity index (χ1) is 14.2. The number of carbonyl (C=O) groups excluding carboxylic acids is 1. The number of furan rings is 1. The van der Waals surface area contributed by atoms with E-state index in [9.17, 15) is 4.79 Å². The summed E-state index contributed by atoms with van der Waals surface area (Å²) < 4.78 is 12.8. The van der Waals surface area contributed by atoms with Crippen molar-refractivity contribution in [1.82, 2.24) is 24.9 Å². The number of nitrogens with zero attached hydrogens (tertiary/aromatic N) is 5. The standard InChI is InChI=1S/C21H23N5O3/c1-28-20-9-16-11-25(21(27)14-5-7-29-13-14)10-15(16)8-19(20)26-12-18(23-24-26)17-4-2-3-6-22-17/h2-7,12-13,15-16,19-20H,8-11H2,1H3/t15-,16+,19-,20-/m1/s1. The fraction of sp³-hybridized carbons (Fsp3) is 0.429. The summed E-state index contributed by atoms with van der Waals surface area (Å²) in [7, 11) is 1.75. The van der Waals surface area contributed by atoms with Crippen LogP contribution in [0, 0.1) is 11.8 Å². The zero-order valence-electron chi connectivity index (χ0n) is 16.2. The number of hydrogen-bond donors (Lipinski definition) is 0. The van der Waals surface area contributed by atoms with Gasteiger partial charge in [0, 0.05) is 26.4 Å². The van der Waals surface area contributed by atoms with E-state index in [0.29, 0.717) is 17.4 Å². The Bertz CT molecular complexity index is 971. The van der Waals surface area contributed by atoms with Crippen molar-refractivity contribution in [2.75, 3.05) is 20.2 Å². The molecule has 2 aliphatic rings. The molecule has 4 heterocycles. The van der Waals surface area contributed by atoms with Crippen molar-refractivity contribution in [2.45, 2.75) is 25.0 Å². The first-order valence-corrected chi connectivity index (χ1v) is 9.90. The lowest BCUT2D eigenvalue weighted by Crippen LogP contribution is -2.37. The number of aromatic nitrogens is 4. The van der Waals surface area contributed by atoms with Gasteiger partial charge in [-0.2, -0.15) is 0 Å². The Morgan fingerprint density at radius 3 is 2.76 bits per heavy atom. The van der Waals surface area contributed by atoms with Crippen LogP contribution < -0.4 is 0 Å². The average molecular weight is 393 g/mol. The minimum Gasteiger partial charge on any atom is -0.472 e. The lowest BCUT2D eigenvalue weighted by atomic mass is 9.77. The topological polar surface area (TPSA) is 86.3 Å². The van der Waals surface area contributed by atoms with Gasteiger partial charge in [-0.1, -0.05) is 11.3 Å². The molecule has 0 unspecified atom stereocenters. The van der Waals surface area contributed by atoms with E-state index in [-0.39, 0.29) is 18.1 Å². The van der Waals surface area contributed by atoms with E-state index in [1.54, 1.807) is 19.4 Å². The van der Waals surface area contributed by atoms with Gasteiger partial charge in [0.15, 0.2) is 0 Å². The van der Waals surface area contributed by atoms with Crippen LogP contribution in [0.5, 0.6) is 0 Å². The number of likely N-dealkylation sites (tertiary alicyclic amines) is 1. The van der Waals surface area contributed by atoms with E-state index in [2.05, 4.69) is 15.3 Å². The van der Waals surface area contributed by atoms with Gasteiger partial charge in [0.05, 0.1) is 35.9 Å². The minimum atomic E-state index is 0.0388. The molecule has 2 fully saturated rings. The maximum atomic E-state index is 12.7. The highest BCUT2D eigenvalue weighted by molar-refractivity contribution is 5.94. The normalized spacial score (nSPS) is 26.4. The van der Waals surface area contributed by atoms with Crippen molar-refractivity contribution in [1.29, 1.82) is 0 Å². The van der Waals surface area contributed by atoms with Crippen LogP contribution in [-0.2, 0) is 4.74 Å². The molecule has 0 radical (unpaired) electrons. The second kappa shape index (κ2) is 7.44. The van der Waals surface area contributed by atoms with Gasteiger partial charge < -0.3 is 14.1 Å². The quantitative estimate of drug-likeness (QED) is 0.677.